The molecule has 2 heteroatoms. The number of allylic oxidation sites excluding steroid dienone is 4. The molecule has 0 saturated heterocycles. The zero-order valence-electron chi connectivity index (χ0n) is 15.4. The first kappa shape index (κ1) is 16.9. The minimum Gasteiger partial charge on any atom is -0.290 e. The Kier molecular flexibility index (Phi) is 3.53. The van der Waals surface area contributed by atoms with E-state index >= 15 is 0 Å². The molecule has 2 atom stereocenters. The number of rotatable bonds is 1. The number of ketones is 2. The zero-order valence-corrected chi connectivity index (χ0v) is 15.4. The standard InChI is InChI=1S/C22H26O2/c1-20(2,3)16-13-22(21(4,5)6)12-15(14-10-8-7-9-11-14)17(16)18(23)19(22)24/h7-13,17H,1-6H3. The Morgan fingerprint density at radius 2 is 1.46 bits per heavy atom. The Balaban J connectivity index is 2.34. The lowest BCUT2D eigenvalue weighted by molar-refractivity contribution is -0.145. The topological polar surface area (TPSA) is 34.1 Å². The van der Waals surface area contributed by atoms with E-state index in [9.17, 15) is 9.59 Å². The molecule has 2 unspecified atom stereocenters. The predicted octanol–water partition coefficient (Wildman–Crippen LogP) is 4.86. The lowest BCUT2D eigenvalue weighted by Gasteiger charge is -2.50. The number of hydrogen-bond donors (Lipinski definition) is 0. The summed E-state index contributed by atoms with van der Waals surface area (Å²) in [7, 11) is 0. The first-order valence-corrected chi connectivity index (χ1v) is 8.59. The number of Topliss-reactive ketones (excluding diaryl/α,β-unsaturated/α-hetero) is 2. The zero-order chi connectivity index (χ0) is 17.9. The number of hydrogen-bond acceptors (Lipinski definition) is 2. The van der Waals surface area contributed by atoms with Crippen molar-refractivity contribution in [3.05, 3.63) is 53.6 Å². The Hall–Kier alpha value is -1.96. The van der Waals surface area contributed by atoms with Crippen LogP contribution in [0, 0.1) is 22.2 Å². The molecular formula is C22H26O2. The van der Waals surface area contributed by atoms with Gasteiger partial charge in [-0.2, -0.15) is 0 Å². The van der Waals surface area contributed by atoms with Crippen molar-refractivity contribution < 1.29 is 9.59 Å². The molecule has 0 radical (unpaired) electrons. The van der Waals surface area contributed by atoms with Gasteiger partial charge in [0.15, 0.2) is 0 Å². The molecular weight excluding hydrogens is 296 g/mol. The summed E-state index contributed by atoms with van der Waals surface area (Å²) in [6.45, 7) is 12.5. The molecule has 0 saturated carbocycles. The second-order valence-electron chi connectivity index (χ2n) is 9.06. The van der Waals surface area contributed by atoms with Crippen LogP contribution in [0.15, 0.2) is 48.1 Å². The van der Waals surface area contributed by atoms with Crippen LogP contribution >= 0.6 is 0 Å². The molecule has 0 fully saturated rings. The van der Waals surface area contributed by atoms with Gasteiger partial charge in [0.05, 0.1) is 11.3 Å². The first-order valence-electron chi connectivity index (χ1n) is 8.59. The predicted molar refractivity (Wildman–Crippen MR) is 97.3 cm³/mol. The molecule has 0 aliphatic heterocycles. The van der Waals surface area contributed by atoms with Gasteiger partial charge in [0, 0.05) is 0 Å². The summed E-state index contributed by atoms with van der Waals surface area (Å²) in [5.41, 5.74) is 1.72. The number of fused-ring (bicyclic) bond motifs is 1. The quantitative estimate of drug-likeness (QED) is 0.547. The Labute approximate surface area is 144 Å². The van der Waals surface area contributed by atoms with Crippen molar-refractivity contribution in [3.63, 3.8) is 0 Å². The van der Waals surface area contributed by atoms with Gasteiger partial charge in [-0.1, -0.05) is 89.6 Å². The largest absolute Gasteiger partial charge is 0.290 e. The summed E-state index contributed by atoms with van der Waals surface area (Å²) in [5, 5.41) is 0. The third-order valence-electron chi connectivity index (χ3n) is 5.46. The van der Waals surface area contributed by atoms with Gasteiger partial charge in [0.2, 0.25) is 11.6 Å². The maximum atomic E-state index is 13.0. The molecule has 126 valence electrons. The van der Waals surface area contributed by atoms with Crippen molar-refractivity contribution in [2.24, 2.45) is 22.2 Å². The second kappa shape index (κ2) is 5.02. The number of carbonyl (C=O) groups is 2. The normalized spacial score (nSPS) is 27.2. The molecule has 0 aromatic heterocycles. The second-order valence-corrected chi connectivity index (χ2v) is 9.06. The Bertz CT molecular complexity index is 766. The molecule has 1 aromatic rings. The highest BCUT2D eigenvalue weighted by Crippen LogP contribution is 2.57. The molecule has 0 heterocycles. The number of benzene rings is 1. The van der Waals surface area contributed by atoms with Crippen molar-refractivity contribution in [3.8, 4) is 0 Å². The van der Waals surface area contributed by atoms with Crippen molar-refractivity contribution >= 4 is 17.1 Å². The summed E-state index contributed by atoms with van der Waals surface area (Å²) < 4.78 is 0. The third kappa shape index (κ3) is 2.23. The fourth-order valence-corrected chi connectivity index (χ4v) is 3.92. The van der Waals surface area contributed by atoms with Crippen molar-refractivity contribution in [1.29, 1.82) is 0 Å². The van der Waals surface area contributed by atoms with Crippen LogP contribution in [0.4, 0.5) is 0 Å². The summed E-state index contributed by atoms with van der Waals surface area (Å²) in [6.07, 6.45) is 4.15. The van der Waals surface area contributed by atoms with Crippen molar-refractivity contribution in [2.75, 3.05) is 0 Å². The monoisotopic (exact) mass is 322 g/mol. The highest BCUT2D eigenvalue weighted by molar-refractivity contribution is 6.46. The van der Waals surface area contributed by atoms with Gasteiger partial charge in [0.1, 0.15) is 0 Å². The highest BCUT2D eigenvalue weighted by Gasteiger charge is 2.58. The summed E-state index contributed by atoms with van der Waals surface area (Å²) in [5.74, 6) is -0.949. The molecule has 0 spiro atoms. The highest BCUT2D eigenvalue weighted by atomic mass is 16.2. The van der Waals surface area contributed by atoms with E-state index in [0.29, 0.717) is 0 Å². The van der Waals surface area contributed by atoms with E-state index in [-0.39, 0.29) is 22.4 Å². The first-order chi connectivity index (χ1) is 11.0. The maximum absolute atomic E-state index is 13.0. The average Bonchev–Trinajstić information content (AvgIpc) is 2.50. The van der Waals surface area contributed by atoms with Crippen LogP contribution in [-0.2, 0) is 9.59 Å². The van der Waals surface area contributed by atoms with E-state index in [1.54, 1.807) is 0 Å². The summed E-state index contributed by atoms with van der Waals surface area (Å²) >= 11 is 0. The van der Waals surface area contributed by atoms with E-state index in [0.717, 1.165) is 16.7 Å². The molecule has 1 aromatic carbocycles. The average molecular weight is 322 g/mol. The van der Waals surface area contributed by atoms with Gasteiger partial charge < -0.3 is 0 Å². The van der Waals surface area contributed by atoms with E-state index in [4.69, 9.17) is 0 Å². The summed E-state index contributed by atoms with van der Waals surface area (Å²) in [6, 6.07) is 9.99. The molecule has 0 N–H and O–H groups in total. The van der Waals surface area contributed by atoms with Gasteiger partial charge in [0.25, 0.3) is 0 Å². The van der Waals surface area contributed by atoms with Gasteiger partial charge >= 0.3 is 0 Å². The SMILES string of the molecule is CC(C)(C)C1=CC2(C(C)(C)C)C=C(c3ccccc3)C1C(=O)C2=O. The molecule has 3 aliphatic carbocycles. The van der Waals surface area contributed by atoms with Gasteiger partial charge in [-0.05, 0) is 22.0 Å². The van der Waals surface area contributed by atoms with E-state index in [1.165, 1.54) is 0 Å². The Morgan fingerprint density at radius 3 is 1.96 bits per heavy atom. The third-order valence-corrected chi connectivity index (χ3v) is 5.46. The van der Waals surface area contributed by atoms with E-state index in [2.05, 4.69) is 32.9 Å². The van der Waals surface area contributed by atoms with Crippen LogP contribution in [0.1, 0.15) is 47.1 Å². The van der Waals surface area contributed by atoms with Crippen LogP contribution < -0.4 is 0 Å². The fourth-order valence-electron chi connectivity index (χ4n) is 3.92. The lowest BCUT2D eigenvalue weighted by atomic mass is 9.50. The Morgan fingerprint density at radius 1 is 0.875 bits per heavy atom. The molecule has 0 amide bonds. The van der Waals surface area contributed by atoms with Crippen molar-refractivity contribution in [2.45, 2.75) is 41.5 Å². The molecule has 24 heavy (non-hydrogen) atoms. The van der Waals surface area contributed by atoms with Gasteiger partial charge in [-0.15, -0.1) is 0 Å². The van der Waals surface area contributed by atoms with Crippen molar-refractivity contribution in [1.82, 2.24) is 0 Å². The molecule has 4 rings (SSSR count). The maximum Gasteiger partial charge on any atom is 0.213 e. The van der Waals surface area contributed by atoms with Gasteiger partial charge in [-0.3, -0.25) is 9.59 Å². The minimum atomic E-state index is -0.855. The van der Waals surface area contributed by atoms with Crippen LogP contribution in [0.3, 0.4) is 0 Å². The molecule has 2 nitrogen and oxygen atoms in total. The number of carbonyl (C=O) groups excluding carboxylic acids is 2. The van der Waals surface area contributed by atoms with Crippen LogP contribution in [-0.4, -0.2) is 11.6 Å². The smallest absolute Gasteiger partial charge is 0.213 e. The van der Waals surface area contributed by atoms with Crippen LogP contribution in [0.5, 0.6) is 0 Å². The minimum absolute atomic E-state index is 0.161. The fraction of sp³-hybridized carbons (Fsp3) is 0.455. The molecule has 3 aliphatic rings. The van der Waals surface area contributed by atoms with E-state index in [1.807, 2.05) is 51.1 Å². The molecule has 2 bridgehead atoms. The van der Waals surface area contributed by atoms with Crippen LogP contribution in [0.2, 0.25) is 0 Å². The van der Waals surface area contributed by atoms with Gasteiger partial charge in [-0.25, -0.2) is 0 Å². The summed E-state index contributed by atoms with van der Waals surface area (Å²) in [4.78, 5) is 26.0. The van der Waals surface area contributed by atoms with E-state index < -0.39 is 11.3 Å². The van der Waals surface area contributed by atoms with Crippen LogP contribution in [0.25, 0.3) is 5.57 Å². The lowest BCUT2D eigenvalue weighted by Crippen LogP contribution is -2.54.